The number of carboxylic acids is 1. The highest BCUT2D eigenvalue weighted by Gasteiger charge is 2.14. The average molecular weight is 186 g/mol. The second-order valence-corrected chi connectivity index (χ2v) is 3.65. The lowest BCUT2D eigenvalue weighted by atomic mass is 10.2. The Morgan fingerprint density at radius 3 is 3.08 bits per heavy atom. The largest absolute Gasteiger partial charge is 0.481 e. The van der Waals surface area contributed by atoms with E-state index in [9.17, 15) is 4.79 Å². The summed E-state index contributed by atoms with van der Waals surface area (Å²) in [5, 5.41) is 11.8. The van der Waals surface area contributed by atoms with E-state index in [2.05, 4.69) is 17.1 Å². The van der Waals surface area contributed by atoms with Crippen LogP contribution in [-0.4, -0.2) is 48.2 Å². The number of carbonyl (C=O) groups is 1. The van der Waals surface area contributed by atoms with Crippen molar-refractivity contribution in [2.45, 2.75) is 25.8 Å². The standard InChI is InChI=1S/C9H18N2O2/c1-8-7-11(6-4-10-8)5-2-3-9(12)13/h8,10H,2-7H2,1H3,(H,12,13). The Hall–Kier alpha value is -0.610. The molecular weight excluding hydrogens is 168 g/mol. The molecule has 0 aromatic rings. The van der Waals surface area contributed by atoms with Crippen molar-refractivity contribution in [3.63, 3.8) is 0 Å². The quantitative estimate of drug-likeness (QED) is 0.656. The Kier molecular flexibility index (Phi) is 4.18. The van der Waals surface area contributed by atoms with Gasteiger partial charge in [0.15, 0.2) is 0 Å². The maximum absolute atomic E-state index is 10.3. The molecule has 0 aromatic heterocycles. The highest BCUT2D eigenvalue weighted by molar-refractivity contribution is 5.66. The molecule has 0 bridgehead atoms. The van der Waals surface area contributed by atoms with Crippen LogP contribution >= 0.6 is 0 Å². The third-order valence-electron chi connectivity index (χ3n) is 2.32. The van der Waals surface area contributed by atoms with Crippen molar-refractivity contribution in [3.8, 4) is 0 Å². The lowest BCUT2D eigenvalue weighted by molar-refractivity contribution is -0.137. The number of carboxylic acid groups (broad SMARTS) is 1. The topological polar surface area (TPSA) is 52.6 Å². The van der Waals surface area contributed by atoms with E-state index in [4.69, 9.17) is 5.11 Å². The van der Waals surface area contributed by atoms with Gasteiger partial charge in [-0.2, -0.15) is 0 Å². The summed E-state index contributed by atoms with van der Waals surface area (Å²) >= 11 is 0. The molecule has 13 heavy (non-hydrogen) atoms. The lowest BCUT2D eigenvalue weighted by Crippen LogP contribution is -2.49. The summed E-state index contributed by atoms with van der Waals surface area (Å²) in [4.78, 5) is 12.6. The fourth-order valence-electron chi connectivity index (χ4n) is 1.67. The first-order valence-corrected chi connectivity index (χ1v) is 4.86. The Morgan fingerprint density at radius 1 is 1.69 bits per heavy atom. The van der Waals surface area contributed by atoms with Gasteiger partial charge in [-0.05, 0) is 19.9 Å². The summed E-state index contributed by atoms with van der Waals surface area (Å²) in [6.07, 6.45) is 1.06. The van der Waals surface area contributed by atoms with E-state index in [-0.39, 0.29) is 6.42 Å². The predicted octanol–water partition coefficient (Wildman–Crippen LogP) is 0.145. The Morgan fingerprint density at radius 2 is 2.46 bits per heavy atom. The van der Waals surface area contributed by atoms with Gasteiger partial charge in [-0.1, -0.05) is 0 Å². The molecule has 4 heteroatoms. The van der Waals surface area contributed by atoms with Crippen LogP contribution in [0.5, 0.6) is 0 Å². The van der Waals surface area contributed by atoms with Gasteiger partial charge in [0.1, 0.15) is 0 Å². The number of piperazine rings is 1. The van der Waals surface area contributed by atoms with E-state index >= 15 is 0 Å². The highest BCUT2D eigenvalue weighted by Crippen LogP contribution is 2.00. The molecule has 1 atom stereocenters. The number of nitrogens with one attached hydrogen (secondary N) is 1. The van der Waals surface area contributed by atoms with Crippen LogP contribution in [0.4, 0.5) is 0 Å². The molecule has 1 heterocycles. The van der Waals surface area contributed by atoms with Crippen molar-refractivity contribution >= 4 is 5.97 Å². The van der Waals surface area contributed by atoms with Crippen molar-refractivity contribution in [2.24, 2.45) is 0 Å². The Balaban J connectivity index is 2.10. The highest BCUT2D eigenvalue weighted by atomic mass is 16.4. The monoisotopic (exact) mass is 186 g/mol. The van der Waals surface area contributed by atoms with Gasteiger partial charge in [-0.25, -0.2) is 0 Å². The van der Waals surface area contributed by atoms with E-state index < -0.39 is 5.97 Å². The van der Waals surface area contributed by atoms with Crippen molar-refractivity contribution in [1.82, 2.24) is 10.2 Å². The number of rotatable bonds is 4. The van der Waals surface area contributed by atoms with E-state index in [1.165, 1.54) is 0 Å². The molecule has 0 radical (unpaired) electrons. The van der Waals surface area contributed by atoms with Gasteiger partial charge in [0, 0.05) is 32.1 Å². The molecule has 1 aliphatic rings. The van der Waals surface area contributed by atoms with Gasteiger partial charge in [-0.3, -0.25) is 4.79 Å². The third kappa shape index (κ3) is 4.24. The van der Waals surface area contributed by atoms with Gasteiger partial charge in [-0.15, -0.1) is 0 Å². The van der Waals surface area contributed by atoms with Gasteiger partial charge in [0.05, 0.1) is 0 Å². The molecule has 4 nitrogen and oxygen atoms in total. The van der Waals surface area contributed by atoms with Gasteiger partial charge in [0.2, 0.25) is 0 Å². The first-order valence-electron chi connectivity index (χ1n) is 4.86. The van der Waals surface area contributed by atoms with Gasteiger partial charge in [0.25, 0.3) is 0 Å². The number of nitrogens with zero attached hydrogens (tertiary/aromatic N) is 1. The number of aliphatic carboxylic acids is 1. The van der Waals surface area contributed by atoms with Gasteiger partial charge >= 0.3 is 5.97 Å². The minimum Gasteiger partial charge on any atom is -0.481 e. The minimum atomic E-state index is -0.691. The first-order chi connectivity index (χ1) is 6.18. The van der Waals surface area contributed by atoms with E-state index in [1.54, 1.807) is 0 Å². The zero-order chi connectivity index (χ0) is 9.68. The van der Waals surface area contributed by atoms with E-state index in [0.717, 1.165) is 32.6 Å². The molecular formula is C9H18N2O2. The summed E-state index contributed by atoms with van der Waals surface area (Å²) in [7, 11) is 0. The molecule has 2 N–H and O–H groups in total. The van der Waals surface area contributed by atoms with Gasteiger partial charge < -0.3 is 15.3 Å². The molecule has 0 amide bonds. The fourth-order valence-corrected chi connectivity index (χ4v) is 1.67. The van der Waals surface area contributed by atoms with Crippen LogP contribution in [0.25, 0.3) is 0 Å². The fraction of sp³-hybridized carbons (Fsp3) is 0.889. The number of hydrogen-bond donors (Lipinski definition) is 2. The molecule has 1 rings (SSSR count). The summed E-state index contributed by atoms with van der Waals surface area (Å²) < 4.78 is 0. The van der Waals surface area contributed by atoms with Crippen LogP contribution in [-0.2, 0) is 4.79 Å². The van der Waals surface area contributed by atoms with E-state index in [1.807, 2.05) is 0 Å². The zero-order valence-electron chi connectivity index (χ0n) is 8.12. The van der Waals surface area contributed by atoms with Crippen molar-refractivity contribution in [1.29, 1.82) is 0 Å². The van der Waals surface area contributed by atoms with Crippen LogP contribution in [0.2, 0.25) is 0 Å². The van der Waals surface area contributed by atoms with Crippen LogP contribution < -0.4 is 5.32 Å². The van der Waals surface area contributed by atoms with Crippen molar-refractivity contribution < 1.29 is 9.90 Å². The third-order valence-corrected chi connectivity index (χ3v) is 2.32. The van der Waals surface area contributed by atoms with Crippen LogP contribution in [0.3, 0.4) is 0 Å². The first kappa shape index (κ1) is 10.5. The smallest absolute Gasteiger partial charge is 0.303 e. The zero-order valence-corrected chi connectivity index (χ0v) is 8.12. The summed E-state index contributed by atoms with van der Waals surface area (Å²) in [6, 6.07) is 0.540. The average Bonchev–Trinajstić information content (AvgIpc) is 2.03. The summed E-state index contributed by atoms with van der Waals surface area (Å²) in [6.45, 7) is 6.18. The molecule has 0 aliphatic carbocycles. The van der Waals surface area contributed by atoms with Crippen LogP contribution in [0.1, 0.15) is 19.8 Å². The summed E-state index contributed by atoms with van der Waals surface area (Å²) in [5.41, 5.74) is 0. The molecule has 0 aromatic carbocycles. The maximum Gasteiger partial charge on any atom is 0.303 e. The molecule has 0 spiro atoms. The molecule has 0 saturated carbocycles. The molecule has 1 aliphatic heterocycles. The molecule has 76 valence electrons. The van der Waals surface area contributed by atoms with Crippen molar-refractivity contribution in [2.75, 3.05) is 26.2 Å². The SMILES string of the molecule is CC1CN(CCCC(=O)O)CCN1. The van der Waals surface area contributed by atoms with Crippen LogP contribution in [0, 0.1) is 0 Å². The number of hydrogen-bond acceptors (Lipinski definition) is 3. The predicted molar refractivity (Wildman–Crippen MR) is 50.8 cm³/mol. The minimum absolute atomic E-state index is 0.290. The lowest BCUT2D eigenvalue weighted by Gasteiger charge is -2.31. The summed E-state index contributed by atoms with van der Waals surface area (Å²) in [5.74, 6) is -0.691. The maximum atomic E-state index is 10.3. The molecule has 1 fully saturated rings. The Bertz CT molecular complexity index is 173. The second-order valence-electron chi connectivity index (χ2n) is 3.65. The molecule has 1 unspecified atom stereocenters. The normalized spacial score (nSPS) is 24.5. The van der Waals surface area contributed by atoms with Crippen LogP contribution in [0.15, 0.2) is 0 Å². The Labute approximate surface area is 78.9 Å². The molecule has 1 saturated heterocycles. The van der Waals surface area contributed by atoms with E-state index in [0.29, 0.717) is 6.04 Å². The second kappa shape index (κ2) is 5.19. The van der Waals surface area contributed by atoms with Crippen molar-refractivity contribution in [3.05, 3.63) is 0 Å².